The minimum Gasteiger partial charge on any atom is -0.392 e. The summed E-state index contributed by atoms with van der Waals surface area (Å²) in [6, 6.07) is 16.0. The number of aliphatic hydroxyl groups excluding tert-OH is 1. The Labute approximate surface area is 326 Å². The maximum absolute atomic E-state index is 13.9. The van der Waals surface area contributed by atoms with Crippen LogP contribution in [0.1, 0.15) is 64.5 Å². The first kappa shape index (κ1) is 38.6. The summed E-state index contributed by atoms with van der Waals surface area (Å²) < 4.78 is 16.4. The Morgan fingerprint density at radius 1 is 1.00 bits per heavy atom. The molecule has 5 aromatic rings. The van der Waals surface area contributed by atoms with E-state index in [9.17, 15) is 33.5 Å². The Bertz CT molecular complexity index is 2510. The van der Waals surface area contributed by atoms with Gasteiger partial charge in [-0.2, -0.15) is 4.39 Å². The number of aromatic nitrogens is 4. The van der Waals surface area contributed by atoms with Crippen molar-refractivity contribution in [1.82, 2.24) is 34.2 Å². The van der Waals surface area contributed by atoms with Gasteiger partial charge in [0.15, 0.2) is 0 Å². The van der Waals surface area contributed by atoms with Crippen molar-refractivity contribution in [1.29, 1.82) is 0 Å². The number of carbonyl (C=O) groups is 4. The number of hydrogen-bond donors (Lipinski definition) is 4. The molecule has 15 nitrogen and oxygen atoms in total. The number of likely N-dealkylation sites (tertiary alicyclic amines) is 1. The number of rotatable bonds is 8. The van der Waals surface area contributed by atoms with Crippen molar-refractivity contribution in [3.8, 4) is 11.8 Å². The molecule has 57 heavy (non-hydrogen) atoms. The molecule has 5 amide bonds. The molecule has 1 unspecified atom stereocenters. The minimum atomic E-state index is -0.834. The first-order valence-corrected chi connectivity index (χ1v) is 18.4. The highest BCUT2D eigenvalue weighted by atomic mass is 19.1. The standard InChI is InChI=1S/C41H40FN9O6/c1-48(23-26-6-3-5-25(19-26)9-10-28-20-29(13-16-43-28)45-40(56)46-32-21-35(42)44-22-27(32)24-52)30-14-17-50(18-15-30)39(55)31-7-4-8-33-37(31)49(2)41(57)51(33)34-11-12-36(53)47-38(34)54/h3-8,13,16,19-22,30,34,52H,11-12,14-15,17-18,23-24H2,1-2H3,(H,47,53,54)(H2,43,44,45,46,56). The molecule has 1 atom stereocenters. The number of aryl methyl sites for hydroxylation is 1. The van der Waals surface area contributed by atoms with Gasteiger partial charge in [0.25, 0.3) is 5.91 Å². The van der Waals surface area contributed by atoms with Gasteiger partial charge in [0.1, 0.15) is 11.7 Å². The van der Waals surface area contributed by atoms with Crippen molar-refractivity contribution in [3.63, 3.8) is 0 Å². The molecule has 2 aliphatic rings. The summed E-state index contributed by atoms with van der Waals surface area (Å²) in [4.78, 5) is 76.1. The summed E-state index contributed by atoms with van der Waals surface area (Å²) in [6.07, 6.45) is 4.51. The van der Waals surface area contributed by atoms with E-state index in [2.05, 4.69) is 49.7 Å². The van der Waals surface area contributed by atoms with Gasteiger partial charge in [0.2, 0.25) is 17.8 Å². The molecular formula is C41H40FN9O6. The van der Waals surface area contributed by atoms with E-state index in [-0.39, 0.29) is 41.9 Å². The fraction of sp³-hybridized carbons (Fsp3) is 0.293. The zero-order valence-electron chi connectivity index (χ0n) is 31.3. The highest BCUT2D eigenvalue weighted by molar-refractivity contribution is 6.06. The number of carbonyl (C=O) groups excluding carboxylic acids is 4. The topological polar surface area (TPSA) is 184 Å². The maximum atomic E-state index is 13.9. The van der Waals surface area contributed by atoms with Gasteiger partial charge in [-0.05, 0) is 74.2 Å². The molecule has 5 heterocycles. The Morgan fingerprint density at radius 2 is 1.79 bits per heavy atom. The normalized spacial score (nSPS) is 15.9. The molecule has 0 radical (unpaired) electrons. The van der Waals surface area contributed by atoms with Gasteiger partial charge in [0, 0.05) is 74.4 Å². The number of urea groups is 1. The van der Waals surface area contributed by atoms with Crippen LogP contribution in [0.25, 0.3) is 11.0 Å². The molecule has 3 aromatic heterocycles. The summed E-state index contributed by atoms with van der Waals surface area (Å²) in [5.41, 5.74) is 3.96. The van der Waals surface area contributed by atoms with Crippen LogP contribution in [0.5, 0.6) is 0 Å². The molecule has 4 N–H and O–H groups in total. The van der Waals surface area contributed by atoms with Crippen molar-refractivity contribution in [3.05, 3.63) is 117 Å². The number of para-hydroxylation sites is 1. The number of halogens is 1. The predicted molar refractivity (Wildman–Crippen MR) is 208 cm³/mol. The molecule has 2 aromatic carbocycles. The molecule has 7 rings (SSSR count). The van der Waals surface area contributed by atoms with Crippen molar-refractivity contribution in [2.75, 3.05) is 30.8 Å². The number of benzene rings is 2. The lowest BCUT2D eigenvalue weighted by molar-refractivity contribution is -0.135. The third-order valence-electron chi connectivity index (χ3n) is 10.3. The number of nitrogens with zero attached hydrogens (tertiary/aromatic N) is 6. The molecule has 0 aliphatic carbocycles. The SMILES string of the molecule is CN(Cc1cccc(C#Cc2cc(NC(=O)Nc3cc(F)ncc3CO)ccn2)c1)C1CCN(C(=O)c2cccc3c2n(C)c(=O)n3C2CCC(=O)NC2=O)CC1. The smallest absolute Gasteiger partial charge is 0.329 e. The van der Waals surface area contributed by atoms with Crippen molar-refractivity contribution in [2.24, 2.45) is 7.05 Å². The fourth-order valence-electron chi connectivity index (χ4n) is 7.38. The van der Waals surface area contributed by atoms with Gasteiger partial charge in [0.05, 0.1) is 28.9 Å². The van der Waals surface area contributed by atoms with E-state index in [4.69, 9.17) is 0 Å². The number of fused-ring (bicyclic) bond motifs is 1. The van der Waals surface area contributed by atoms with Gasteiger partial charge in [-0.3, -0.25) is 33.7 Å². The summed E-state index contributed by atoms with van der Waals surface area (Å²) >= 11 is 0. The molecular weight excluding hydrogens is 734 g/mol. The van der Waals surface area contributed by atoms with Gasteiger partial charge in [-0.25, -0.2) is 19.6 Å². The average Bonchev–Trinajstić information content (AvgIpc) is 3.45. The highest BCUT2D eigenvalue weighted by Crippen LogP contribution is 2.27. The summed E-state index contributed by atoms with van der Waals surface area (Å²) in [7, 11) is 3.65. The minimum absolute atomic E-state index is 0.101. The lowest BCUT2D eigenvalue weighted by Crippen LogP contribution is -2.45. The first-order valence-electron chi connectivity index (χ1n) is 18.4. The number of aliphatic hydroxyl groups is 1. The second-order valence-electron chi connectivity index (χ2n) is 14.1. The zero-order chi connectivity index (χ0) is 40.2. The van der Waals surface area contributed by atoms with Gasteiger partial charge < -0.3 is 20.6 Å². The number of imide groups is 1. The van der Waals surface area contributed by atoms with Crippen LogP contribution in [-0.2, 0) is 29.8 Å². The molecule has 0 bridgehead atoms. The third-order valence-corrected chi connectivity index (χ3v) is 10.3. The van der Waals surface area contributed by atoms with Gasteiger partial charge in [-0.1, -0.05) is 24.1 Å². The number of imidazole rings is 1. The molecule has 16 heteroatoms. The quantitative estimate of drug-likeness (QED) is 0.104. The number of hydrogen-bond acceptors (Lipinski definition) is 9. The van der Waals surface area contributed by atoms with Crippen LogP contribution in [0, 0.1) is 17.8 Å². The van der Waals surface area contributed by atoms with E-state index in [0.717, 1.165) is 36.2 Å². The van der Waals surface area contributed by atoms with Gasteiger partial charge in [-0.15, -0.1) is 0 Å². The van der Waals surface area contributed by atoms with E-state index in [1.54, 1.807) is 37.4 Å². The fourth-order valence-corrected chi connectivity index (χ4v) is 7.38. The lowest BCUT2D eigenvalue weighted by atomic mass is 10.0. The predicted octanol–water partition coefficient (Wildman–Crippen LogP) is 3.52. The number of nitrogens with one attached hydrogen (secondary N) is 3. The number of anilines is 2. The second-order valence-corrected chi connectivity index (χ2v) is 14.1. The highest BCUT2D eigenvalue weighted by Gasteiger charge is 2.33. The Hall–Kier alpha value is -6.70. The largest absolute Gasteiger partial charge is 0.392 e. The molecule has 2 fully saturated rings. The van der Waals surface area contributed by atoms with Crippen molar-refractivity contribution >= 4 is 46.2 Å². The maximum Gasteiger partial charge on any atom is 0.329 e. The van der Waals surface area contributed by atoms with Crippen LogP contribution in [0.2, 0.25) is 0 Å². The van der Waals surface area contributed by atoms with Crippen LogP contribution >= 0.6 is 0 Å². The Morgan fingerprint density at radius 3 is 2.56 bits per heavy atom. The molecule has 0 spiro atoms. The third kappa shape index (κ3) is 8.44. The van der Waals surface area contributed by atoms with Crippen LogP contribution in [0.15, 0.2) is 77.9 Å². The van der Waals surface area contributed by atoms with Crippen LogP contribution in [-0.4, -0.2) is 83.9 Å². The summed E-state index contributed by atoms with van der Waals surface area (Å²) in [6.45, 7) is 1.31. The van der Waals surface area contributed by atoms with Crippen molar-refractivity contribution < 1.29 is 28.7 Å². The van der Waals surface area contributed by atoms with E-state index in [1.165, 1.54) is 15.3 Å². The molecule has 0 saturated carbocycles. The van der Waals surface area contributed by atoms with Crippen LogP contribution < -0.4 is 21.6 Å². The van der Waals surface area contributed by atoms with Crippen LogP contribution in [0.4, 0.5) is 20.6 Å². The molecule has 2 aliphatic heterocycles. The zero-order valence-corrected chi connectivity index (χ0v) is 31.3. The van der Waals surface area contributed by atoms with Gasteiger partial charge >= 0.3 is 11.7 Å². The van der Waals surface area contributed by atoms with E-state index >= 15 is 0 Å². The average molecular weight is 774 g/mol. The Balaban J connectivity index is 0.956. The summed E-state index contributed by atoms with van der Waals surface area (Å²) in [5.74, 6) is 4.31. The Kier molecular flexibility index (Phi) is 11.2. The lowest BCUT2D eigenvalue weighted by Gasteiger charge is -2.37. The van der Waals surface area contributed by atoms with E-state index in [1.807, 2.05) is 29.2 Å². The van der Waals surface area contributed by atoms with E-state index < -0.39 is 36.2 Å². The number of amides is 5. The second kappa shape index (κ2) is 16.6. The monoisotopic (exact) mass is 773 g/mol. The van der Waals surface area contributed by atoms with Crippen LogP contribution in [0.3, 0.4) is 0 Å². The summed E-state index contributed by atoms with van der Waals surface area (Å²) in [5, 5.41) is 17.0. The van der Waals surface area contributed by atoms with Crippen molar-refractivity contribution in [2.45, 2.75) is 50.9 Å². The number of piperidine rings is 2. The molecule has 292 valence electrons. The molecule has 2 saturated heterocycles. The van der Waals surface area contributed by atoms with E-state index in [0.29, 0.717) is 47.6 Å². The number of pyridine rings is 2. The first-order chi connectivity index (χ1) is 27.5.